The van der Waals surface area contributed by atoms with Crippen molar-refractivity contribution in [2.75, 3.05) is 19.5 Å². The molecule has 0 spiro atoms. The first-order chi connectivity index (χ1) is 8.17. The predicted octanol–water partition coefficient (Wildman–Crippen LogP) is 1.22. The summed E-state index contributed by atoms with van der Waals surface area (Å²) in [5.74, 6) is -0.210. The second kappa shape index (κ2) is 7.24. The molecule has 1 N–H and O–H groups in total. The largest absolute Gasteiger partial charge is 0.464 e. The summed E-state index contributed by atoms with van der Waals surface area (Å²) >= 11 is 6.79. The van der Waals surface area contributed by atoms with Crippen molar-refractivity contribution in [3.63, 3.8) is 0 Å². The number of esters is 1. The van der Waals surface area contributed by atoms with E-state index in [9.17, 15) is 9.59 Å². The minimum absolute atomic E-state index is 0.0789. The molecule has 0 aromatic carbocycles. The van der Waals surface area contributed by atoms with Crippen molar-refractivity contribution in [1.82, 2.24) is 10.3 Å². The molecule has 1 rings (SSSR count). The fraction of sp³-hybridized carbons (Fsp3) is 0.500. The van der Waals surface area contributed by atoms with Gasteiger partial charge in [-0.1, -0.05) is 0 Å². The first kappa shape index (κ1) is 13.9. The van der Waals surface area contributed by atoms with Crippen molar-refractivity contribution in [2.24, 2.45) is 0 Å². The smallest absolute Gasteiger partial charge is 0.357 e. The number of alkyl halides is 1. The Hall–Kier alpha value is -1.14. The van der Waals surface area contributed by atoms with Gasteiger partial charge < -0.3 is 10.1 Å². The number of carbonyl (C=O) groups is 2. The fourth-order valence-electron chi connectivity index (χ4n) is 1.11. The minimum atomic E-state index is -0.446. The molecule has 0 radical (unpaired) electrons. The van der Waals surface area contributed by atoms with Gasteiger partial charge >= 0.3 is 5.97 Å². The number of ether oxygens (including phenoxy) is 1. The predicted molar refractivity (Wildman–Crippen MR) is 65.5 cm³/mol. The number of amides is 1. The Bertz CT molecular complexity index is 395. The third-order valence-corrected chi connectivity index (χ3v) is 3.03. The van der Waals surface area contributed by atoms with Crippen LogP contribution in [-0.2, 0) is 16.0 Å². The molecule has 0 bridgehead atoms. The zero-order chi connectivity index (χ0) is 12.7. The molecule has 17 heavy (non-hydrogen) atoms. The van der Waals surface area contributed by atoms with Gasteiger partial charge in [0.05, 0.1) is 12.1 Å². The number of carbonyl (C=O) groups excluding carboxylic acids is 2. The van der Waals surface area contributed by atoms with Crippen LogP contribution < -0.4 is 5.32 Å². The van der Waals surface area contributed by atoms with Crippen molar-refractivity contribution in [2.45, 2.75) is 12.8 Å². The molecular weight excluding hydrogens is 264 g/mol. The van der Waals surface area contributed by atoms with Gasteiger partial charge in [0.1, 0.15) is 0 Å². The summed E-state index contributed by atoms with van der Waals surface area (Å²) in [6.45, 7) is 0.490. The van der Waals surface area contributed by atoms with Crippen LogP contribution in [0, 0.1) is 0 Å². The molecule has 7 heteroatoms. The monoisotopic (exact) mass is 276 g/mol. The van der Waals surface area contributed by atoms with Crippen molar-refractivity contribution in [3.05, 3.63) is 16.1 Å². The summed E-state index contributed by atoms with van der Waals surface area (Å²) in [6.07, 6.45) is 0.905. The lowest BCUT2D eigenvalue weighted by Crippen LogP contribution is -2.25. The molecule has 0 aliphatic heterocycles. The van der Waals surface area contributed by atoms with Gasteiger partial charge in [0, 0.05) is 30.6 Å². The van der Waals surface area contributed by atoms with Gasteiger partial charge in [0.25, 0.3) is 0 Å². The summed E-state index contributed by atoms with van der Waals surface area (Å²) in [6, 6.07) is 0. The van der Waals surface area contributed by atoms with Crippen LogP contribution in [-0.4, -0.2) is 36.4 Å². The van der Waals surface area contributed by atoms with Gasteiger partial charge in [0.2, 0.25) is 5.91 Å². The van der Waals surface area contributed by atoms with E-state index in [2.05, 4.69) is 15.0 Å². The average Bonchev–Trinajstić information content (AvgIpc) is 2.77. The highest BCUT2D eigenvalue weighted by Gasteiger charge is 2.10. The van der Waals surface area contributed by atoms with E-state index in [0.29, 0.717) is 31.0 Å². The number of methoxy groups -OCH3 is 1. The van der Waals surface area contributed by atoms with E-state index in [-0.39, 0.29) is 5.91 Å². The number of rotatable bonds is 6. The van der Waals surface area contributed by atoms with Gasteiger partial charge in [-0.2, -0.15) is 0 Å². The molecule has 0 unspecified atom stereocenters. The summed E-state index contributed by atoms with van der Waals surface area (Å²) in [7, 11) is 1.31. The number of nitrogens with zero attached hydrogens (tertiary/aromatic N) is 1. The maximum absolute atomic E-state index is 11.1. The van der Waals surface area contributed by atoms with Crippen molar-refractivity contribution in [3.8, 4) is 0 Å². The van der Waals surface area contributed by atoms with E-state index in [1.54, 1.807) is 5.38 Å². The third-order valence-electron chi connectivity index (χ3n) is 1.93. The topological polar surface area (TPSA) is 68.3 Å². The molecule has 5 nitrogen and oxygen atoms in total. The number of nitrogens with one attached hydrogen (secondary N) is 1. The summed E-state index contributed by atoms with van der Waals surface area (Å²) in [5, 5.41) is 5.14. The van der Waals surface area contributed by atoms with Crippen molar-refractivity contribution < 1.29 is 14.3 Å². The summed E-state index contributed by atoms with van der Waals surface area (Å²) in [4.78, 5) is 26.3. The van der Waals surface area contributed by atoms with Crippen molar-refractivity contribution >= 4 is 34.8 Å². The molecule has 94 valence electrons. The number of thiazole rings is 1. The van der Waals surface area contributed by atoms with E-state index in [4.69, 9.17) is 11.6 Å². The SMILES string of the molecule is COC(=O)c1csc(CCNC(=O)CCCl)n1. The number of hydrogen-bond acceptors (Lipinski definition) is 5. The first-order valence-electron chi connectivity index (χ1n) is 5.02. The number of hydrogen-bond donors (Lipinski definition) is 1. The van der Waals surface area contributed by atoms with Gasteiger partial charge in [-0.25, -0.2) is 9.78 Å². The molecule has 0 saturated heterocycles. The molecule has 0 aliphatic rings. The van der Waals surface area contributed by atoms with E-state index < -0.39 is 5.97 Å². The normalized spacial score (nSPS) is 10.0. The molecule has 1 amide bonds. The molecule has 0 aliphatic carbocycles. The van der Waals surface area contributed by atoms with Gasteiger partial charge in [-0.15, -0.1) is 22.9 Å². The molecule has 0 atom stereocenters. The zero-order valence-corrected chi connectivity index (χ0v) is 10.9. The maximum Gasteiger partial charge on any atom is 0.357 e. The van der Waals surface area contributed by atoms with Crippen LogP contribution in [0.2, 0.25) is 0 Å². The summed E-state index contributed by atoms with van der Waals surface area (Å²) < 4.78 is 4.55. The average molecular weight is 277 g/mol. The van der Waals surface area contributed by atoms with Gasteiger partial charge in [0.15, 0.2) is 5.69 Å². The van der Waals surface area contributed by atoms with E-state index in [1.807, 2.05) is 0 Å². The van der Waals surface area contributed by atoms with E-state index in [1.165, 1.54) is 18.4 Å². The van der Waals surface area contributed by atoms with E-state index in [0.717, 1.165) is 5.01 Å². The standard InChI is InChI=1S/C10H13ClN2O3S/c1-16-10(15)7-6-17-9(13-7)3-5-12-8(14)2-4-11/h6H,2-5H2,1H3,(H,12,14). The molecule has 1 heterocycles. The molecule has 1 aromatic heterocycles. The fourth-order valence-corrected chi connectivity index (χ4v) is 2.05. The van der Waals surface area contributed by atoms with Crippen LogP contribution in [0.5, 0.6) is 0 Å². The summed E-state index contributed by atoms with van der Waals surface area (Å²) in [5.41, 5.74) is 0.305. The van der Waals surface area contributed by atoms with Gasteiger partial charge in [-0.3, -0.25) is 4.79 Å². The third kappa shape index (κ3) is 4.70. The quantitative estimate of drug-likeness (QED) is 0.627. The first-order valence-corrected chi connectivity index (χ1v) is 6.44. The van der Waals surface area contributed by atoms with Crippen LogP contribution in [0.1, 0.15) is 21.9 Å². The highest BCUT2D eigenvalue weighted by Crippen LogP contribution is 2.10. The Labute approximate surface area is 108 Å². The van der Waals surface area contributed by atoms with Crippen LogP contribution in [0.25, 0.3) is 0 Å². The van der Waals surface area contributed by atoms with Gasteiger partial charge in [-0.05, 0) is 0 Å². The lowest BCUT2D eigenvalue weighted by atomic mass is 10.4. The van der Waals surface area contributed by atoms with Crippen LogP contribution >= 0.6 is 22.9 Å². The maximum atomic E-state index is 11.1. The van der Waals surface area contributed by atoms with E-state index >= 15 is 0 Å². The lowest BCUT2D eigenvalue weighted by molar-refractivity contribution is -0.120. The Balaban J connectivity index is 2.35. The zero-order valence-electron chi connectivity index (χ0n) is 9.36. The highest BCUT2D eigenvalue weighted by molar-refractivity contribution is 7.09. The number of halogens is 1. The Morgan fingerprint density at radius 2 is 2.35 bits per heavy atom. The molecule has 1 aromatic rings. The molecular formula is C10H13ClN2O3S. The second-order valence-electron chi connectivity index (χ2n) is 3.16. The highest BCUT2D eigenvalue weighted by atomic mass is 35.5. The second-order valence-corrected chi connectivity index (χ2v) is 4.48. The number of aromatic nitrogens is 1. The Morgan fingerprint density at radius 3 is 3.00 bits per heavy atom. The minimum Gasteiger partial charge on any atom is -0.464 e. The van der Waals surface area contributed by atoms with Crippen molar-refractivity contribution in [1.29, 1.82) is 0 Å². The van der Waals surface area contributed by atoms with Crippen LogP contribution in [0.15, 0.2) is 5.38 Å². The molecule has 0 saturated carbocycles. The molecule has 0 fully saturated rings. The van der Waals surface area contributed by atoms with Crippen LogP contribution in [0.4, 0.5) is 0 Å². The lowest BCUT2D eigenvalue weighted by Gasteiger charge is -2.01. The van der Waals surface area contributed by atoms with Crippen LogP contribution in [0.3, 0.4) is 0 Å². The Kier molecular flexibility index (Phi) is 5.93. The Morgan fingerprint density at radius 1 is 1.59 bits per heavy atom.